The summed E-state index contributed by atoms with van der Waals surface area (Å²) in [5, 5.41) is 4.18. The van der Waals surface area contributed by atoms with Crippen LogP contribution in [0, 0.1) is 0 Å². The van der Waals surface area contributed by atoms with Gasteiger partial charge in [0, 0.05) is 17.9 Å². The van der Waals surface area contributed by atoms with Gasteiger partial charge in [0.15, 0.2) is 5.78 Å². The molecule has 0 aliphatic carbocycles. The van der Waals surface area contributed by atoms with E-state index in [0.717, 1.165) is 15.0 Å². The van der Waals surface area contributed by atoms with Crippen molar-refractivity contribution < 1.29 is 4.79 Å². The smallest absolute Gasteiger partial charge is 0.171 e. The zero-order valence-corrected chi connectivity index (χ0v) is 12.3. The van der Waals surface area contributed by atoms with Crippen LogP contribution in [-0.2, 0) is 6.54 Å². The summed E-state index contributed by atoms with van der Waals surface area (Å²) in [6.45, 7) is 2.22. The van der Waals surface area contributed by atoms with E-state index in [0.29, 0.717) is 17.1 Å². The average Bonchev–Trinajstić information content (AvgIpc) is 2.70. The molecule has 3 N–H and O–H groups in total. The number of carbonyl (C=O) groups is 1. The normalized spacial score (nSPS) is 10.3. The molecule has 0 bridgehead atoms. The number of thiophene rings is 1. The Balaban J connectivity index is 2.09. The SMILES string of the molecule is CC(=O)c1sc(NCc2ccccc2Br)cc1N. The van der Waals surface area contributed by atoms with Gasteiger partial charge in [-0.05, 0) is 17.7 Å². The van der Waals surface area contributed by atoms with Gasteiger partial charge in [0.2, 0.25) is 0 Å². The van der Waals surface area contributed by atoms with Crippen LogP contribution in [0.25, 0.3) is 0 Å². The zero-order chi connectivity index (χ0) is 13.1. The largest absolute Gasteiger partial charge is 0.397 e. The second-order valence-electron chi connectivity index (χ2n) is 3.90. The van der Waals surface area contributed by atoms with Crippen molar-refractivity contribution in [1.82, 2.24) is 0 Å². The highest BCUT2D eigenvalue weighted by atomic mass is 79.9. The standard InChI is InChI=1S/C13H13BrN2OS/c1-8(17)13-11(15)6-12(18-13)16-7-9-4-2-3-5-10(9)14/h2-6,16H,7,15H2,1H3. The Labute approximate surface area is 118 Å². The molecule has 5 heteroatoms. The van der Waals surface area contributed by atoms with Crippen LogP contribution in [0.2, 0.25) is 0 Å². The molecule has 1 aromatic carbocycles. The number of halogens is 1. The minimum absolute atomic E-state index is 0.00596. The molecule has 0 radical (unpaired) electrons. The average molecular weight is 325 g/mol. The van der Waals surface area contributed by atoms with E-state index in [-0.39, 0.29) is 5.78 Å². The van der Waals surface area contributed by atoms with Gasteiger partial charge < -0.3 is 11.1 Å². The van der Waals surface area contributed by atoms with E-state index in [2.05, 4.69) is 21.2 Å². The fourth-order valence-corrected chi connectivity index (χ4v) is 2.89. The molecule has 94 valence electrons. The van der Waals surface area contributed by atoms with Crippen LogP contribution in [0.4, 0.5) is 10.7 Å². The molecule has 1 heterocycles. The van der Waals surface area contributed by atoms with Crippen molar-refractivity contribution in [3.63, 3.8) is 0 Å². The fraction of sp³-hybridized carbons (Fsp3) is 0.154. The van der Waals surface area contributed by atoms with Gasteiger partial charge in [-0.2, -0.15) is 0 Å². The summed E-state index contributed by atoms with van der Waals surface area (Å²) < 4.78 is 1.06. The Morgan fingerprint density at radius 3 is 2.78 bits per heavy atom. The predicted molar refractivity (Wildman–Crippen MR) is 80.2 cm³/mol. The maximum absolute atomic E-state index is 11.3. The van der Waals surface area contributed by atoms with Gasteiger partial charge in [-0.1, -0.05) is 34.1 Å². The van der Waals surface area contributed by atoms with Gasteiger partial charge in [0.1, 0.15) is 0 Å². The van der Waals surface area contributed by atoms with Gasteiger partial charge >= 0.3 is 0 Å². The Kier molecular flexibility index (Phi) is 4.04. The van der Waals surface area contributed by atoms with Crippen LogP contribution in [0.3, 0.4) is 0 Å². The molecule has 0 unspecified atom stereocenters. The number of anilines is 2. The molecular formula is C13H13BrN2OS. The van der Waals surface area contributed by atoms with Gasteiger partial charge in [-0.25, -0.2) is 0 Å². The minimum atomic E-state index is 0.00596. The van der Waals surface area contributed by atoms with E-state index in [1.54, 1.807) is 6.07 Å². The Morgan fingerprint density at radius 2 is 2.17 bits per heavy atom. The first kappa shape index (κ1) is 13.1. The van der Waals surface area contributed by atoms with Crippen LogP contribution in [0.5, 0.6) is 0 Å². The number of benzene rings is 1. The first-order valence-electron chi connectivity index (χ1n) is 5.45. The van der Waals surface area contributed by atoms with Crippen molar-refractivity contribution in [3.05, 3.63) is 45.2 Å². The van der Waals surface area contributed by atoms with Gasteiger partial charge in [-0.15, -0.1) is 11.3 Å². The molecule has 3 nitrogen and oxygen atoms in total. The van der Waals surface area contributed by atoms with Crippen molar-refractivity contribution in [2.24, 2.45) is 0 Å². The van der Waals surface area contributed by atoms with Crippen molar-refractivity contribution in [2.45, 2.75) is 13.5 Å². The first-order valence-corrected chi connectivity index (χ1v) is 7.06. The van der Waals surface area contributed by atoms with E-state index in [1.165, 1.54) is 18.3 Å². The number of hydrogen-bond acceptors (Lipinski definition) is 4. The lowest BCUT2D eigenvalue weighted by atomic mass is 10.2. The zero-order valence-electron chi connectivity index (χ0n) is 9.87. The Bertz CT molecular complexity index is 580. The van der Waals surface area contributed by atoms with Gasteiger partial charge in [-0.3, -0.25) is 4.79 Å². The fourth-order valence-electron chi connectivity index (χ4n) is 1.59. The third-order valence-corrected chi connectivity index (χ3v) is 4.47. The molecule has 18 heavy (non-hydrogen) atoms. The summed E-state index contributed by atoms with van der Waals surface area (Å²) in [6, 6.07) is 9.81. The monoisotopic (exact) mass is 324 g/mol. The number of nitrogen functional groups attached to an aromatic ring is 1. The maximum atomic E-state index is 11.3. The highest BCUT2D eigenvalue weighted by Gasteiger charge is 2.10. The number of nitrogens with one attached hydrogen (secondary N) is 1. The topological polar surface area (TPSA) is 55.1 Å². The molecule has 0 fully saturated rings. The summed E-state index contributed by atoms with van der Waals surface area (Å²) >= 11 is 4.89. The van der Waals surface area contributed by atoms with E-state index in [9.17, 15) is 4.79 Å². The lowest BCUT2D eigenvalue weighted by Gasteiger charge is -2.05. The van der Waals surface area contributed by atoms with Crippen LogP contribution < -0.4 is 11.1 Å². The lowest BCUT2D eigenvalue weighted by Crippen LogP contribution is -1.98. The summed E-state index contributed by atoms with van der Waals surface area (Å²) in [6.07, 6.45) is 0. The van der Waals surface area contributed by atoms with Gasteiger partial charge in [0.25, 0.3) is 0 Å². The van der Waals surface area contributed by atoms with E-state index in [4.69, 9.17) is 5.73 Å². The van der Waals surface area contributed by atoms with Gasteiger partial charge in [0.05, 0.1) is 15.6 Å². The summed E-state index contributed by atoms with van der Waals surface area (Å²) in [4.78, 5) is 11.9. The van der Waals surface area contributed by atoms with Crippen LogP contribution in [0.15, 0.2) is 34.8 Å². The molecule has 0 saturated carbocycles. The molecular weight excluding hydrogens is 312 g/mol. The molecule has 0 saturated heterocycles. The Hall–Kier alpha value is -1.33. The Morgan fingerprint density at radius 1 is 1.44 bits per heavy atom. The number of Topliss-reactive ketones (excluding diaryl/α,β-unsaturated/α-hetero) is 1. The van der Waals surface area contributed by atoms with Crippen LogP contribution in [-0.4, -0.2) is 5.78 Å². The number of ketones is 1. The molecule has 0 atom stereocenters. The van der Waals surface area contributed by atoms with Crippen molar-refractivity contribution in [3.8, 4) is 0 Å². The summed E-state index contributed by atoms with van der Waals surface area (Å²) in [7, 11) is 0. The number of carbonyl (C=O) groups excluding carboxylic acids is 1. The molecule has 0 aliphatic heterocycles. The molecule has 0 spiro atoms. The highest BCUT2D eigenvalue weighted by molar-refractivity contribution is 9.10. The molecule has 1 aromatic heterocycles. The van der Waals surface area contributed by atoms with E-state index < -0.39 is 0 Å². The van der Waals surface area contributed by atoms with Crippen LogP contribution in [0.1, 0.15) is 22.2 Å². The molecule has 2 aromatic rings. The first-order chi connectivity index (χ1) is 8.58. The maximum Gasteiger partial charge on any atom is 0.171 e. The summed E-state index contributed by atoms with van der Waals surface area (Å²) in [5.41, 5.74) is 7.49. The predicted octanol–water partition coefficient (Wildman–Crippen LogP) is 3.91. The second kappa shape index (κ2) is 5.54. The minimum Gasteiger partial charge on any atom is -0.397 e. The van der Waals surface area contributed by atoms with Crippen molar-refractivity contribution in [1.29, 1.82) is 0 Å². The summed E-state index contributed by atoms with van der Waals surface area (Å²) in [5.74, 6) is 0.00596. The van der Waals surface area contributed by atoms with Crippen molar-refractivity contribution in [2.75, 3.05) is 11.1 Å². The van der Waals surface area contributed by atoms with Crippen molar-refractivity contribution >= 4 is 43.7 Å². The van der Waals surface area contributed by atoms with E-state index in [1.807, 2.05) is 24.3 Å². The van der Waals surface area contributed by atoms with Crippen LogP contribution >= 0.6 is 27.3 Å². The second-order valence-corrected chi connectivity index (χ2v) is 5.80. The number of rotatable bonds is 4. The molecule has 0 amide bonds. The third kappa shape index (κ3) is 2.91. The number of hydrogen-bond donors (Lipinski definition) is 2. The molecule has 2 rings (SSSR count). The highest BCUT2D eigenvalue weighted by Crippen LogP contribution is 2.30. The lowest BCUT2D eigenvalue weighted by molar-refractivity contribution is 0.102. The molecule has 0 aliphatic rings. The quantitative estimate of drug-likeness (QED) is 0.838. The third-order valence-electron chi connectivity index (χ3n) is 2.49. The number of nitrogens with two attached hydrogens (primary N) is 1. The van der Waals surface area contributed by atoms with E-state index >= 15 is 0 Å².